The van der Waals surface area contributed by atoms with E-state index in [4.69, 9.17) is 9.72 Å². The number of nitrogens with one attached hydrogen (secondary N) is 1. The van der Waals surface area contributed by atoms with E-state index < -0.39 is 0 Å². The van der Waals surface area contributed by atoms with Crippen LogP contribution in [0.25, 0.3) is 22.5 Å². The average molecular weight is 438 g/mol. The van der Waals surface area contributed by atoms with E-state index in [1.807, 2.05) is 84.9 Å². The highest BCUT2D eigenvalue weighted by molar-refractivity contribution is 5.80. The zero-order valence-electron chi connectivity index (χ0n) is 18.7. The van der Waals surface area contributed by atoms with Gasteiger partial charge in [0, 0.05) is 11.1 Å². The molecule has 0 unspecified atom stereocenters. The van der Waals surface area contributed by atoms with Gasteiger partial charge in [-0.15, -0.1) is 10.2 Å². The minimum atomic E-state index is 0.334. The molecular weight excluding hydrogens is 410 g/mol. The molecular formula is C27H27N5O. The minimum Gasteiger partial charge on any atom is -0.494 e. The van der Waals surface area contributed by atoms with Gasteiger partial charge in [-0.05, 0) is 36.2 Å². The minimum absolute atomic E-state index is 0.334. The van der Waals surface area contributed by atoms with Crippen molar-refractivity contribution in [2.24, 2.45) is 5.10 Å². The van der Waals surface area contributed by atoms with Gasteiger partial charge in [-0.2, -0.15) is 5.10 Å². The largest absolute Gasteiger partial charge is 0.494 e. The molecule has 0 fully saturated rings. The first-order valence-electron chi connectivity index (χ1n) is 11.2. The van der Waals surface area contributed by atoms with Crippen LogP contribution in [0.2, 0.25) is 0 Å². The van der Waals surface area contributed by atoms with Crippen molar-refractivity contribution in [2.75, 3.05) is 12.0 Å². The van der Waals surface area contributed by atoms with Crippen LogP contribution in [0.4, 0.5) is 5.95 Å². The number of hydrazone groups is 1. The molecule has 1 aromatic heterocycles. The lowest BCUT2D eigenvalue weighted by atomic mass is 10.0. The van der Waals surface area contributed by atoms with Crippen LogP contribution in [0, 0.1) is 0 Å². The Balaban J connectivity index is 1.47. The standard InChI is InChI=1S/C27H27N5O/c1-2-3-10-19-33-24-17-15-21(16-18-24)20-28-31-27-29-25(22-11-6-4-7-12-22)26(30-32-27)23-13-8-5-9-14-23/h4-9,11-18,20H,2-3,10,19H2,1H3,(H,29,31,32)/b28-20-. The summed E-state index contributed by atoms with van der Waals surface area (Å²) in [7, 11) is 0. The molecule has 0 aliphatic carbocycles. The summed E-state index contributed by atoms with van der Waals surface area (Å²) in [6, 6.07) is 27.7. The zero-order chi connectivity index (χ0) is 22.7. The molecule has 0 aliphatic rings. The van der Waals surface area contributed by atoms with Crippen molar-refractivity contribution in [2.45, 2.75) is 26.2 Å². The smallest absolute Gasteiger partial charge is 0.263 e. The number of hydrogen-bond acceptors (Lipinski definition) is 6. The molecule has 3 aromatic carbocycles. The first-order valence-corrected chi connectivity index (χ1v) is 11.2. The Morgan fingerprint density at radius 3 is 2.12 bits per heavy atom. The summed E-state index contributed by atoms with van der Waals surface area (Å²) < 4.78 is 5.75. The molecule has 166 valence electrons. The van der Waals surface area contributed by atoms with Crippen LogP contribution in [-0.2, 0) is 0 Å². The van der Waals surface area contributed by atoms with Crippen LogP contribution in [0.15, 0.2) is 90.0 Å². The Morgan fingerprint density at radius 2 is 1.45 bits per heavy atom. The molecule has 0 saturated carbocycles. The molecule has 4 rings (SSSR count). The molecule has 0 spiro atoms. The molecule has 0 saturated heterocycles. The molecule has 6 heteroatoms. The number of anilines is 1. The molecule has 1 heterocycles. The molecule has 6 nitrogen and oxygen atoms in total. The molecule has 0 atom stereocenters. The molecule has 0 aliphatic heterocycles. The second kappa shape index (κ2) is 11.5. The maximum absolute atomic E-state index is 5.75. The van der Waals surface area contributed by atoms with Crippen molar-refractivity contribution in [3.63, 3.8) is 0 Å². The van der Waals surface area contributed by atoms with E-state index in [1.54, 1.807) is 6.21 Å². The quantitative estimate of drug-likeness (QED) is 0.181. The predicted molar refractivity (Wildman–Crippen MR) is 133 cm³/mol. The fraction of sp³-hybridized carbons (Fsp3) is 0.185. The summed E-state index contributed by atoms with van der Waals surface area (Å²) in [5, 5.41) is 13.0. The van der Waals surface area contributed by atoms with E-state index in [0.29, 0.717) is 5.95 Å². The Kier molecular flexibility index (Phi) is 7.74. The van der Waals surface area contributed by atoms with Crippen molar-refractivity contribution >= 4 is 12.2 Å². The first-order chi connectivity index (χ1) is 16.3. The molecule has 1 N–H and O–H groups in total. The van der Waals surface area contributed by atoms with Gasteiger partial charge in [0.1, 0.15) is 17.1 Å². The van der Waals surface area contributed by atoms with Gasteiger partial charge in [-0.3, -0.25) is 0 Å². The second-order valence-corrected chi connectivity index (χ2v) is 7.56. The number of rotatable bonds is 10. The lowest BCUT2D eigenvalue weighted by molar-refractivity contribution is 0.306. The van der Waals surface area contributed by atoms with Gasteiger partial charge in [0.05, 0.1) is 12.8 Å². The second-order valence-electron chi connectivity index (χ2n) is 7.56. The van der Waals surface area contributed by atoms with Crippen molar-refractivity contribution in [3.05, 3.63) is 90.5 Å². The van der Waals surface area contributed by atoms with E-state index >= 15 is 0 Å². The summed E-state index contributed by atoms with van der Waals surface area (Å²) in [4.78, 5) is 4.69. The van der Waals surface area contributed by atoms with Gasteiger partial charge < -0.3 is 4.74 Å². The highest BCUT2D eigenvalue weighted by Crippen LogP contribution is 2.28. The van der Waals surface area contributed by atoms with E-state index in [-0.39, 0.29) is 0 Å². The number of benzene rings is 3. The van der Waals surface area contributed by atoms with Crippen LogP contribution >= 0.6 is 0 Å². The number of nitrogens with zero attached hydrogens (tertiary/aromatic N) is 4. The highest BCUT2D eigenvalue weighted by Gasteiger charge is 2.13. The average Bonchev–Trinajstić information content (AvgIpc) is 2.88. The maximum atomic E-state index is 5.75. The Labute approximate surface area is 194 Å². The van der Waals surface area contributed by atoms with Crippen LogP contribution < -0.4 is 10.2 Å². The topological polar surface area (TPSA) is 72.3 Å². The third-order valence-corrected chi connectivity index (χ3v) is 5.06. The normalized spacial score (nSPS) is 10.9. The maximum Gasteiger partial charge on any atom is 0.263 e. The number of ether oxygens (including phenoxy) is 1. The summed E-state index contributed by atoms with van der Waals surface area (Å²) in [5.41, 5.74) is 7.25. The van der Waals surface area contributed by atoms with Crippen molar-refractivity contribution in [1.82, 2.24) is 15.2 Å². The van der Waals surface area contributed by atoms with E-state index in [2.05, 4.69) is 27.6 Å². The van der Waals surface area contributed by atoms with Gasteiger partial charge in [-0.1, -0.05) is 80.4 Å². The highest BCUT2D eigenvalue weighted by atomic mass is 16.5. The summed E-state index contributed by atoms with van der Waals surface area (Å²) in [5.74, 6) is 1.20. The van der Waals surface area contributed by atoms with Crippen molar-refractivity contribution < 1.29 is 4.74 Å². The van der Waals surface area contributed by atoms with Crippen LogP contribution in [0.1, 0.15) is 31.7 Å². The van der Waals surface area contributed by atoms with Gasteiger partial charge in [0.2, 0.25) is 0 Å². The molecule has 0 bridgehead atoms. The number of hydrogen-bond donors (Lipinski definition) is 1. The molecule has 4 aromatic rings. The van der Waals surface area contributed by atoms with Gasteiger partial charge >= 0.3 is 0 Å². The lowest BCUT2D eigenvalue weighted by Crippen LogP contribution is -2.03. The van der Waals surface area contributed by atoms with E-state index in [0.717, 1.165) is 46.9 Å². The summed E-state index contributed by atoms with van der Waals surface area (Å²) >= 11 is 0. The number of aromatic nitrogens is 3. The van der Waals surface area contributed by atoms with Gasteiger partial charge in [-0.25, -0.2) is 10.4 Å². The van der Waals surface area contributed by atoms with Crippen LogP contribution in [-0.4, -0.2) is 28.0 Å². The fourth-order valence-corrected chi connectivity index (χ4v) is 3.32. The lowest BCUT2D eigenvalue weighted by Gasteiger charge is -2.09. The number of unbranched alkanes of at least 4 members (excludes halogenated alkanes) is 2. The Morgan fingerprint density at radius 1 is 0.788 bits per heavy atom. The van der Waals surface area contributed by atoms with E-state index in [1.165, 1.54) is 12.8 Å². The SMILES string of the molecule is CCCCCOc1ccc(/C=N\Nc2nnc(-c3ccccc3)c(-c3ccccc3)n2)cc1. The third kappa shape index (κ3) is 6.23. The zero-order valence-corrected chi connectivity index (χ0v) is 18.7. The third-order valence-electron chi connectivity index (χ3n) is 5.06. The van der Waals surface area contributed by atoms with Gasteiger partial charge in [0.25, 0.3) is 5.95 Å². The van der Waals surface area contributed by atoms with E-state index in [9.17, 15) is 0 Å². The monoisotopic (exact) mass is 437 g/mol. The van der Waals surface area contributed by atoms with Crippen molar-refractivity contribution in [1.29, 1.82) is 0 Å². The predicted octanol–water partition coefficient (Wildman–Crippen LogP) is 6.22. The summed E-state index contributed by atoms with van der Waals surface area (Å²) in [6.07, 6.45) is 5.17. The fourth-order valence-electron chi connectivity index (χ4n) is 3.32. The van der Waals surface area contributed by atoms with Gasteiger partial charge in [0.15, 0.2) is 0 Å². The molecule has 0 amide bonds. The Bertz CT molecular complexity index is 1160. The van der Waals surface area contributed by atoms with Crippen molar-refractivity contribution in [3.8, 4) is 28.3 Å². The Hall–Kier alpha value is -4.06. The summed E-state index contributed by atoms with van der Waals surface area (Å²) in [6.45, 7) is 2.93. The molecule has 33 heavy (non-hydrogen) atoms. The van der Waals surface area contributed by atoms with Crippen LogP contribution in [0.3, 0.4) is 0 Å². The van der Waals surface area contributed by atoms with Crippen LogP contribution in [0.5, 0.6) is 5.75 Å². The first kappa shape index (κ1) is 22.1. The molecule has 0 radical (unpaired) electrons.